The number of carbonyl (C=O) groups is 3. The molecule has 0 radical (unpaired) electrons. The maximum atomic E-state index is 13.6. The van der Waals surface area contributed by atoms with Gasteiger partial charge in [-0.05, 0) is 54.7 Å². The first-order valence-corrected chi connectivity index (χ1v) is 13.9. The molecule has 1 aromatic heterocycles. The molecule has 11 nitrogen and oxygen atoms in total. The van der Waals surface area contributed by atoms with Gasteiger partial charge in [0.25, 0.3) is 17.7 Å². The van der Waals surface area contributed by atoms with Crippen LogP contribution < -0.4 is 24.8 Å². The second-order valence-electron chi connectivity index (χ2n) is 10.9. The van der Waals surface area contributed by atoms with E-state index in [1.165, 1.54) is 0 Å². The molecule has 2 aromatic carbocycles. The molecule has 7 rings (SSSR count). The van der Waals surface area contributed by atoms with Gasteiger partial charge in [0.05, 0.1) is 24.8 Å². The second kappa shape index (κ2) is 11.5. The number of amides is 3. The van der Waals surface area contributed by atoms with E-state index in [2.05, 4.69) is 16.7 Å². The van der Waals surface area contributed by atoms with Crippen LogP contribution >= 0.6 is 0 Å². The molecule has 0 spiro atoms. The van der Waals surface area contributed by atoms with Crippen molar-refractivity contribution in [2.45, 2.75) is 31.5 Å². The van der Waals surface area contributed by atoms with Crippen molar-refractivity contribution in [3.8, 4) is 23.3 Å². The molecular formula is C31H31N5O6. The number of nitrogens with one attached hydrogen (secondary N) is 2. The molecule has 2 N–H and O–H groups in total. The highest BCUT2D eigenvalue weighted by molar-refractivity contribution is 5.96. The van der Waals surface area contributed by atoms with Crippen molar-refractivity contribution in [2.24, 2.45) is 13.0 Å². The van der Waals surface area contributed by atoms with Gasteiger partial charge in [-0.15, -0.1) is 0 Å². The molecule has 3 aromatic rings. The summed E-state index contributed by atoms with van der Waals surface area (Å²) in [7, 11) is 1.72. The summed E-state index contributed by atoms with van der Waals surface area (Å²) >= 11 is 0. The van der Waals surface area contributed by atoms with Gasteiger partial charge >= 0.3 is 0 Å². The van der Waals surface area contributed by atoms with Crippen molar-refractivity contribution in [3.05, 3.63) is 77.1 Å². The number of hydrogen-bond acceptors (Lipinski definition) is 7. The molecule has 1 saturated carbocycles. The van der Waals surface area contributed by atoms with E-state index < -0.39 is 12.1 Å². The van der Waals surface area contributed by atoms with Crippen LogP contribution in [-0.4, -0.2) is 65.6 Å². The second-order valence-corrected chi connectivity index (χ2v) is 10.9. The summed E-state index contributed by atoms with van der Waals surface area (Å²) in [5, 5.41) is 15.2. The molecule has 2 fully saturated rings. The summed E-state index contributed by atoms with van der Waals surface area (Å²) in [5.74, 6) is 0.948. The van der Waals surface area contributed by atoms with E-state index in [0.29, 0.717) is 53.1 Å². The molecule has 4 bridgehead atoms. The Morgan fingerprint density at radius 2 is 1.90 bits per heavy atom. The average Bonchev–Trinajstić information content (AvgIpc) is 3.64. The molecule has 4 aliphatic rings. The molecule has 42 heavy (non-hydrogen) atoms. The highest BCUT2D eigenvalue weighted by Gasteiger charge is 2.39. The summed E-state index contributed by atoms with van der Waals surface area (Å²) in [4.78, 5) is 41.1. The van der Waals surface area contributed by atoms with Gasteiger partial charge < -0.3 is 34.3 Å². The van der Waals surface area contributed by atoms with E-state index in [-0.39, 0.29) is 37.4 Å². The quantitative estimate of drug-likeness (QED) is 0.493. The van der Waals surface area contributed by atoms with Crippen LogP contribution in [0.2, 0.25) is 0 Å². The van der Waals surface area contributed by atoms with Crippen molar-refractivity contribution in [2.75, 3.05) is 26.3 Å². The predicted molar refractivity (Wildman–Crippen MR) is 150 cm³/mol. The molecular weight excluding hydrogens is 538 g/mol. The number of rotatable bonds is 4. The lowest BCUT2D eigenvalue weighted by molar-refractivity contribution is -0.123. The summed E-state index contributed by atoms with van der Waals surface area (Å²) in [5.41, 5.74) is 1.95. The number of aryl methyl sites for hydroxylation is 1. The van der Waals surface area contributed by atoms with Gasteiger partial charge in [-0.3, -0.25) is 14.4 Å². The van der Waals surface area contributed by atoms with Gasteiger partial charge in [-0.2, -0.15) is 5.26 Å². The van der Waals surface area contributed by atoms with Crippen LogP contribution in [-0.2, 0) is 18.4 Å². The van der Waals surface area contributed by atoms with Crippen LogP contribution in [0.1, 0.15) is 44.8 Å². The lowest BCUT2D eigenvalue weighted by atomic mass is 10.1. The van der Waals surface area contributed by atoms with Gasteiger partial charge in [-0.25, -0.2) is 0 Å². The molecule has 4 heterocycles. The normalized spacial score (nSPS) is 20.3. The number of ether oxygens (including phenoxy) is 3. The third-order valence-corrected chi connectivity index (χ3v) is 7.62. The Morgan fingerprint density at radius 1 is 1.10 bits per heavy atom. The number of aromatic nitrogens is 1. The highest BCUT2D eigenvalue weighted by atomic mass is 16.5. The van der Waals surface area contributed by atoms with Crippen molar-refractivity contribution in [1.82, 2.24) is 20.1 Å². The van der Waals surface area contributed by atoms with Crippen LogP contribution in [0.5, 0.6) is 17.2 Å². The van der Waals surface area contributed by atoms with Crippen LogP contribution in [0.25, 0.3) is 0 Å². The summed E-state index contributed by atoms with van der Waals surface area (Å²) in [6, 6.07) is 15.3. The minimum Gasteiger partial charge on any atom is -0.493 e. The molecule has 1 aliphatic carbocycles. The third kappa shape index (κ3) is 6.17. The first-order chi connectivity index (χ1) is 20.3. The Labute approximate surface area is 242 Å². The Balaban J connectivity index is 1.29. The largest absolute Gasteiger partial charge is 0.493 e. The monoisotopic (exact) mass is 569 g/mol. The highest BCUT2D eigenvalue weighted by Crippen LogP contribution is 2.31. The first kappa shape index (κ1) is 27.2. The van der Waals surface area contributed by atoms with E-state index >= 15 is 0 Å². The van der Waals surface area contributed by atoms with Crippen LogP contribution in [0.4, 0.5) is 0 Å². The van der Waals surface area contributed by atoms with Crippen molar-refractivity contribution in [1.29, 1.82) is 5.26 Å². The lowest BCUT2D eigenvalue weighted by Gasteiger charge is -2.21. The van der Waals surface area contributed by atoms with E-state index in [1.807, 2.05) is 12.1 Å². The van der Waals surface area contributed by atoms with E-state index in [1.54, 1.807) is 59.1 Å². The number of hydrogen-bond donors (Lipinski definition) is 2. The van der Waals surface area contributed by atoms with Crippen molar-refractivity contribution >= 4 is 17.7 Å². The third-order valence-electron chi connectivity index (χ3n) is 7.62. The minimum atomic E-state index is -0.542. The van der Waals surface area contributed by atoms with E-state index in [4.69, 9.17) is 14.2 Å². The summed E-state index contributed by atoms with van der Waals surface area (Å²) in [6.07, 6.45) is 3.29. The fraction of sp³-hybridized carbons (Fsp3) is 0.355. The fourth-order valence-electron chi connectivity index (χ4n) is 5.08. The Hall–Kier alpha value is -4.98. The average molecular weight is 570 g/mol. The maximum Gasteiger partial charge on any atom is 0.270 e. The first-order valence-electron chi connectivity index (χ1n) is 13.9. The molecule has 216 valence electrons. The number of likely N-dealkylation sites (tertiary alicyclic amines) is 1. The zero-order valence-corrected chi connectivity index (χ0v) is 23.2. The number of nitrogens with zero attached hydrogens (tertiary/aromatic N) is 3. The topological polar surface area (TPSA) is 135 Å². The maximum absolute atomic E-state index is 13.6. The van der Waals surface area contributed by atoms with Crippen LogP contribution in [0, 0.1) is 17.2 Å². The molecule has 3 aliphatic heterocycles. The number of nitriles is 1. The van der Waals surface area contributed by atoms with Gasteiger partial charge in [0.1, 0.15) is 35.1 Å². The molecule has 3 amide bonds. The number of carbonyl (C=O) groups excluding carboxylic acids is 3. The Bertz CT molecular complexity index is 1550. The molecule has 11 heteroatoms. The molecule has 1 saturated heterocycles. The number of fused-ring (bicyclic) bond motifs is 7. The van der Waals surface area contributed by atoms with Gasteiger partial charge in [0, 0.05) is 38.0 Å². The zero-order chi connectivity index (χ0) is 29.2. The number of benzene rings is 2. The van der Waals surface area contributed by atoms with Gasteiger partial charge in [0.2, 0.25) is 0 Å². The fourth-order valence-corrected chi connectivity index (χ4v) is 5.08. The SMILES string of the molecule is Cn1cc(C#N)cc1C(=O)N1C[C@@H]2NC(=O)c3cc(cc(OCC4CC4)c3)OCC(=O)NCc3ccc(cc3)O[C@H]2C1. The summed E-state index contributed by atoms with van der Waals surface area (Å²) < 4.78 is 19.6. The van der Waals surface area contributed by atoms with E-state index in [0.717, 1.165) is 18.4 Å². The summed E-state index contributed by atoms with van der Waals surface area (Å²) in [6.45, 7) is 1.08. The zero-order valence-electron chi connectivity index (χ0n) is 23.2. The van der Waals surface area contributed by atoms with Gasteiger partial charge in [0.15, 0.2) is 6.61 Å². The molecule has 0 unspecified atom stereocenters. The van der Waals surface area contributed by atoms with E-state index in [9.17, 15) is 19.6 Å². The van der Waals surface area contributed by atoms with Crippen LogP contribution in [0.15, 0.2) is 54.7 Å². The standard InChI is InChI=1S/C31H31N5O6/c1-35-14-21(12-32)8-27(35)31(39)36-15-26-28(16-36)42-23-6-4-19(5-7-23)13-33-29(37)18-41-25-10-22(30(38)34-26)9-24(11-25)40-17-20-2-3-20/h4-11,14,20,26,28H,2-3,13,15-18H2,1H3,(H,33,37)(H,34,38)/t26-,28-/m0/s1. The van der Waals surface area contributed by atoms with Gasteiger partial charge in [-0.1, -0.05) is 12.1 Å². The van der Waals surface area contributed by atoms with Crippen LogP contribution in [0.3, 0.4) is 0 Å². The van der Waals surface area contributed by atoms with Crippen molar-refractivity contribution < 1.29 is 28.6 Å². The predicted octanol–water partition coefficient (Wildman–Crippen LogP) is 2.40. The lowest BCUT2D eigenvalue weighted by Crippen LogP contribution is -2.45. The Kier molecular flexibility index (Phi) is 7.44. The molecule has 2 atom stereocenters. The van der Waals surface area contributed by atoms with Crippen molar-refractivity contribution in [3.63, 3.8) is 0 Å². The minimum absolute atomic E-state index is 0.208. The Morgan fingerprint density at radius 3 is 2.64 bits per heavy atom. The smallest absolute Gasteiger partial charge is 0.270 e.